The summed E-state index contributed by atoms with van der Waals surface area (Å²) in [7, 11) is 0. The average molecular weight is 276 g/mol. The molecule has 0 rings (SSSR count). The van der Waals surface area contributed by atoms with E-state index in [0.29, 0.717) is 0 Å². The first-order valence-electron chi connectivity index (χ1n) is 3.97. The Morgan fingerprint density at radius 2 is 1.73 bits per heavy atom. The van der Waals surface area contributed by atoms with E-state index in [1.54, 1.807) is 0 Å². The predicted octanol–water partition coefficient (Wildman–Crippen LogP) is -1.90. The summed E-state index contributed by atoms with van der Waals surface area (Å²) in [6, 6.07) is 0. The molecule has 0 N–H and O–H groups in total. The Morgan fingerprint density at radius 1 is 1.18 bits per heavy atom. The fourth-order valence-electron chi connectivity index (χ4n) is 0.873. The minimum Gasteiger partial charge on any atom is -0.550 e. The Kier molecular flexibility index (Phi) is 15.7. The van der Waals surface area contributed by atoms with Crippen LogP contribution in [0.4, 0.5) is 0 Å². The molecule has 0 aromatic rings. The molecule has 0 unspecified atom stereocenters. The molecule has 0 saturated carbocycles. The van der Waals surface area contributed by atoms with E-state index in [1.807, 2.05) is 0 Å². The van der Waals surface area contributed by atoms with Gasteiger partial charge in [0.1, 0.15) is 0 Å². The molecule has 0 aromatic heterocycles. The largest absolute Gasteiger partial charge is 1.00 e. The fraction of sp³-hybridized carbons (Fsp3) is 0.875. The summed E-state index contributed by atoms with van der Waals surface area (Å²) in [6.45, 7) is 2.14. The Balaban J connectivity index is 0. The number of unbranched alkanes of at least 4 members (excludes halogenated alkanes) is 4. The first-order valence-corrected chi connectivity index (χ1v) is 3.97. The van der Waals surface area contributed by atoms with E-state index >= 15 is 0 Å². The molecule has 11 heavy (non-hydrogen) atoms. The maximum atomic E-state index is 9.92. The number of hydrogen-bond acceptors (Lipinski definition) is 2. The minimum absolute atomic E-state index is 0. The normalized spacial score (nSPS) is 8.82. The van der Waals surface area contributed by atoms with Crippen molar-refractivity contribution < 1.29 is 78.8 Å². The van der Waals surface area contributed by atoms with Crippen LogP contribution in [0.1, 0.15) is 45.4 Å². The van der Waals surface area contributed by atoms with Crippen LogP contribution in [0, 0.1) is 0 Å². The van der Waals surface area contributed by atoms with Gasteiger partial charge in [-0.15, -0.1) is 0 Å². The van der Waals surface area contributed by atoms with Gasteiger partial charge in [0.25, 0.3) is 0 Å². The van der Waals surface area contributed by atoms with Crippen molar-refractivity contribution in [3.63, 3.8) is 0 Å². The van der Waals surface area contributed by atoms with E-state index in [4.69, 9.17) is 0 Å². The standard InChI is InChI=1S/C8H16O2.Cs/c1-2-3-4-5-6-7-8(9)10;/h2-7H2,1H3,(H,9,10);/q;+1/p-1. The van der Waals surface area contributed by atoms with Gasteiger partial charge in [0.05, 0.1) is 0 Å². The number of aliphatic carboxylic acids is 1. The molecule has 0 radical (unpaired) electrons. The predicted molar refractivity (Wildman–Crippen MR) is 38.4 cm³/mol. The van der Waals surface area contributed by atoms with Crippen LogP contribution in [-0.4, -0.2) is 5.97 Å². The monoisotopic (exact) mass is 276 g/mol. The molecular formula is C8H15CsO2. The maximum Gasteiger partial charge on any atom is 1.00 e. The molecule has 3 heteroatoms. The van der Waals surface area contributed by atoms with Crippen molar-refractivity contribution in [2.45, 2.75) is 45.4 Å². The number of rotatable bonds is 6. The van der Waals surface area contributed by atoms with Crippen molar-refractivity contribution in [2.75, 3.05) is 0 Å². The van der Waals surface area contributed by atoms with Gasteiger partial charge >= 0.3 is 68.9 Å². The summed E-state index contributed by atoms with van der Waals surface area (Å²) >= 11 is 0. The Morgan fingerprint density at radius 3 is 2.18 bits per heavy atom. The van der Waals surface area contributed by atoms with E-state index in [-0.39, 0.29) is 75.3 Å². The molecule has 0 aromatic carbocycles. The van der Waals surface area contributed by atoms with Crippen molar-refractivity contribution in [1.82, 2.24) is 0 Å². The van der Waals surface area contributed by atoms with Crippen molar-refractivity contribution in [1.29, 1.82) is 0 Å². The summed E-state index contributed by atoms with van der Waals surface area (Å²) in [5.74, 6) is -0.920. The molecule has 0 aliphatic rings. The number of hydrogen-bond donors (Lipinski definition) is 0. The Hall–Kier alpha value is 1.52. The first-order chi connectivity index (χ1) is 4.77. The number of carboxylic acids is 1. The van der Waals surface area contributed by atoms with Gasteiger partial charge in [0.2, 0.25) is 0 Å². The number of carboxylic acid groups (broad SMARTS) is 1. The maximum absolute atomic E-state index is 9.92. The minimum atomic E-state index is -0.920. The summed E-state index contributed by atoms with van der Waals surface area (Å²) < 4.78 is 0. The van der Waals surface area contributed by atoms with E-state index in [2.05, 4.69) is 6.92 Å². The third-order valence-corrected chi connectivity index (χ3v) is 1.48. The summed E-state index contributed by atoms with van der Waals surface area (Å²) in [6.07, 6.45) is 5.61. The van der Waals surface area contributed by atoms with Gasteiger partial charge in [-0.25, -0.2) is 0 Å². The molecule has 0 heterocycles. The molecule has 60 valence electrons. The zero-order valence-corrected chi connectivity index (χ0v) is 13.8. The van der Waals surface area contributed by atoms with Gasteiger partial charge in [-0.05, 0) is 12.8 Å². The van der Waals surface area contributed by atoms with Crippen molar-refractivity contribution in [3.05, 3.63) is 0 Å². The molecule has 0 atom stereocenters. The zero-order chi connectivity index (χ0) is 7.82. The number of carbonyl (C=O) groups is 1. The van der Waals surface area contributed by atoms with Crippen LogP contribution in [0.3, 0.4) is 0 Å². The van der Waals surface area contributed by atoms with Crippen molar-refractivity contribution in [2.24, 2.45) is 0 Å². The molecule has 0 aliphatic carbocycles. The van der Waals surface area contributed by atoms with Crippen LogP contribution in [0.2, 0.25) is 0 Å². The van der Waals surface area contributed by atoms with Crippen LogP contribution in [0.25, 0.3) is 0 Å². The Labute approximate surface area is 128 Å². The van der Waals surface area contributed by atoms with Crippen molar-refractivity contribution in [3.8, 4) is 0 Å². The van der Waals surface area contributed by atoms with E-state index in [1.165, 1.54) is 12.8 Å². The summed E-state index contributed by atoms with van der Waals surface area (Å²) in [5.41, 5.74) is 0. The van der Waals surface area contributed by atoms with E-state index in [0.717, 1.165) is 19.3 Å². The van der Waals surface area contributed by atoms with Crippen molar-refractivity contribution >= 4 is 5.97 Å². The SMILES string of the molecule is CCCCCCCC(=O)[O-].[Cs+]. The fourth-order valence-corrected chi connectivity index (χ4v) is 0.873. The second-order valence-corrected chi connectivity index (χ2v) is 2.54. The quantitative estimate of drug-likeness (QED) is 0.532. The molecule has 2 nitrogen and oxygen atoms in total. The molecule has 0 amide bonds. The molecular weight excluding hydrogens is 261 g/mol. The molecule has 0 spiro atoms. The van der Waals surface area contributed by atoms with Gasteiger partial charge in [0, 0.05) is 5.97 Å². The first kappa shape index (κ1) is 15.0. The molecule has 0 fully saturated rings. The third kappa shape index (κ3) is 14.4. The van der Waals surface area contributed by atoms with Crippen LogP contribution in [0.15, 0.2) is 0 Å². The van der Waals surface area contributed by atoms with Crippen LogP contribution in [0.5, 0.6) is 0 Å². The second kappa shape index (κ2) is 11.5. The zero-order valence-electron chi connectivity index (χ0n) is 7.56. The van der Waals surface area contributed by atoms with Gasteiger partial charge in [-0.1, -0.05) is 32.6 Å². The summed E-state index contributed by atoms with van der Waals surface area (Å²) in [5, 5.41) is 9.92. The van der Waals surface area contributed by atoms with Crippen LogP contribution < -0.4 is 74.0 Å². The summed E-state index contributed by atoms with van der Waals surface area (Å²) in [4.78, 5) is 9.92. The second-order valence-electron chi connectivity index (χ2n) is 2.54. The van der Waals surface area contributed by atoms with E-state index < -0.39 is 5.97 Å². The van der Waals surface area contributed by atoms with Gasteiger partial charge in [-0.3, -0.25) is 0 Å². The smallest absolute Gasteiger partial charge is 0.550 e. The van der Waals surface area contributed by atoms with E-state index in [9.17, 15) is 9.90 Å². The van der Waals surface area contributed by atoms with Gasteiger partial charge in [-0.2, -0.15) is 0 Å². The number of carbonyl (C=O) groups excluding carboxylic acids is 1. The Bertz CT molecular complexity index is 94.1. The van der Waals surface area contributed by atoms with Gasteiger partial charge < -0.3 is 9.90 Å². The third-order valence-electron chi connectivity index (χ3n) is 1.48. The van der Waals surface area contributed by atoms with Gasteiger partial charge in [0.15, 0.2) is 0 Å². The molecule has 0 saturated heterocycles. The van der Waals surface area contributed by atoms with Crippen LogP contribution in [-0.2, 0) is 4.79 Å². The molecule has 0 bridgehead atoms. The average Bonchev–Trinajstić information content (AvgIpc) is 1.87. The topological polar surface area (TPSA) is 40.1 Å². The van der Waals surface area contributed by atoms with Crippen LogP contribution >= 0.6 is 0 Å². The molecule has 0 aliphatic heterocycles.